The van der Waals surface area contributed by atoms with Crippen LogP contribution in [-0.2, 0) is 9.59 Å². The summed E-state index contributed by atoms with van der Waals surface area (Å²) in [6, 6.07) is 5.06. The van der Waals surface area contributed by atoms with E-state index in [1.807, 2.05) is 0 Å². The predicted molar refractivity (Wildman–Crippen MR) is 78.6 cm³/mol. The quantitative estimate of drug-likeness (QED) is 0.772. The van der Waals surface area contributed by atoms with Crippen molar-refractivity contribution in [1.82, 2.24) is 4.90 Å². The second-order valence-corrected chi connectivity index (χ2v) is 4.64. The lowest BCUT2D eigenvalue weighted by Crippen LogP contribution is -2.22. The van der Waals surface area contributed by atoms with Crippen LogP contribution in [-0.4, -0.2) is 37.9 Å². The van der Waals surface area contributed by atoms with Crippen molar-refractivity contribution >= 4 is 23.2 Å². The lowest BCUT2D eigenvalue weighted by atomic mass is 10.2. The summed E-state index contributed by atoms with van der Waals surface area (Å²) in [5, 5.41) is 2.72. The number of amides is 2. The molecule has 1 aromatic rings. The van der Waals surface area contributed by atoms with Gasteiger partial charge in [0.2, 0.25) is 11.8 Å². The van der Waals surface area contributed by atoms with Gasteiger partial charge in [0.05, 0.1) is 18.5 Å². The average Bonchev–Trinajstić information content (AvgIpc) is 2.41. The summed E-state index contributed by atoms with van der Waals surface area (Å²) in [6.45, 7) is 0. The summed E-state index contributed by atoms with van der Waals surface area (Å²) in [7, 11) is 4.93. The Hall–Kier alpha value is -2.24. The Morgan fingerprint density at radius 1 is 1.30 bits per heavy atom. The lowest BCUT2D eigenvalue weighted by Gasteiger charge is -2.11. The van der Waals surface area contributed by atoms with E-state index in [0.717, 1.165) is 0 Å². The summed E-state index contributed by atoms with van der Waals surface area (Å²) in [6.07, 6.45) is 1.14. The van der Waals surface area contributed by atoms with E-state index < -0.39 is 0 Å². The van der Waals surface area contributed by atoms with E-state index in [2.05, 4.69) is 5.32 Å². The van der Waals surface area contributed by atoms with Crippen LogP contribution in [0, 0.1) is 0 Å². The number of carbonyl (C=O) groups excluding carboxylic acids is 2. The van der Waals surface area contributed by atoms with E-state index in [9.17, 15) is 9.59 Å². The van der Waals surface area contributed by atoms with Crippen molar-refractivity contribution in [2.75, 3.05) is 32.3 Å². The van der Waals surface area contributed by atoms with Crippen LogP contribution in [0.5, 0.6) is 5.75 Å². The predicted octanol–water partition coefficient (Wildman–Crippen LogP) is 1.47. The fourth-order valence-corrected chi connectivity index (χ4v) is 1.61. The Kier molecular flexibility index (Phi) is 5.83. The van der Waals surface area contributed by atoms with Gasteiger partial charge in [0, 0.05) is 33.0 Å². The highest BCUT2D eigenvalue weighted by Crippen LogP contribution is 2.24. The number of hydrogen-bond donors (Lipinski definition) is 2. The van der Waals surface area contributed by atoms with Crippen molar-refractivity contribution in [3.8, 4) is 5.75 Å². The first-order valence-corrected chi connectivity index (χ1v) is 6.37. The second kappa shape index (κ2) is 7.37. The normalized spacial score (nSPS) is 9.95. The third-order valence-electron chi connectivity index (χ3n) is 2.83. The van der Waals surface area contributed by atoms with Gasteiger partial charge in [-0.3, -0.25) is 9.59 Å². The van der Waals surface area contributed by atoms with Crippen LogP contribution in [0.4, 0.5) is 11.4 Å². The number of nitrogens with two attached hydrogens (primary N) is 1. The molecule has 0 spiro atoms. The van der Waals surface area contributed by atoms with Gasteiger partial charge in [0.25, 0.3) is 0 Å². The zero-order chi connectivity index (χ0) is 15.1. The van der Waals surface area contributed by atoms with Crippen LogP contribution in [0.2, 0.25) is 0 Å². The molecular formula is C14H21N3O3. The standard InChI is InChI=1S/C14H21N3O3/c1-17(2)14(19)6-4-5-13(18)16-12-9-10(20-3)7-8-11(12)15/h7-9H,4-6,15H2,1-3H3,(H,16,18). The molecule has 20 heavy (non-hydrogen) atoms. The highest BCUT2D eigenvalue weighted by Gasteiger charge is 2.09. The maximum atomic E-state index is 11.8. The molecule has 3 N–H and O–H groups in total. The number of benzene rings is 1. The van der Waals surface area contributed by atoms with Crippen LogP contribution < -0.4 is 15.8 Å². The van der Waals surface area contributed by atoms with Crippen LogP contribution in [0.1, 0.15) is 19.3 Å². The van der Waals surface area contributed by atoms with Crippen LogP contribution in [0.15, 0.2) is 18.2 Å². The molecule has 1 aromatic carbocycles. The number of rotatable bonds is 6. The van der Waals surface area contributed by atoms with E-state index >= 15 is 0 Å². The first kappa shape index (κ1) is 15.8. The molecule has 0 bridgehead atoms. The molecule has 110 valence electrons. The molecule has 0 aromatic heterocycles. The van der Waals surface area contributed by atoms with Crippen molar-refractivity contribution in [3.63, 3.8) is 0 Å². The molecule has 0 saturated carbocycles. The van der Waals surface area contributed by atoms with Gasteiger partial charge in [-0.15, -0.1) is 0 Å². The largest absolute Gasteiger partial charge is 0.497 e. The molecule has 0 aliphatic rings. The van der Waals surface area contributed by atoms with Gasteiger partial charge in [-0.25, -0.2) is 0 Å². The van der Waals surface area contributed by atoms with Crippen molar-refractivity contribution in [3.05, 3.63) is 18.2 Å². The smallest absolute Gasteiger partial charge is 0.224 e. The third kappa shape index (κ3) is 4.79. The Morgan fingerprint density at radius 3 is 2.60 bits per heavy atom. The van der Waals surface area contributed by atoms with Gasteiger partial charge in [0.15, 0.2) is 0 Å². The molecule has 2 amide bonds. The summed E-state index contributed by atoms with van der Waals surface area (Å²) < 4.78 is 5.07. The summed E-state index contributed by atoms with van der Waals surface area (Å²) in [5.74, 6) is 0.465. The highest BCUT2D eigenvalue weighted by atomic mass is 16.5. The topological polar surface area (TPSA) is 84.7 Å². The lowest BCUT2D eigenvalue weighted by molar-refractivity contribution is -0.128. The van der Waals surface area contributed by atoms with Crippen LogP contribution in [0.25, 0.3) is 0 Å². The monoisotopic (exact) mass is 279 g/mol. The minimum atomic E-state index is -0.170. The van der Waals surface area contributed by atoms with Crippen molar-refractivity contribution in [2.45, 2.75) is 19.3 Å². The molecule has 0 aliphatic carbocycles. The molecule has 0 saturated heterocycles. The molecule has 0 heterocycles. The number of nitrogens with one attached hydrogen (secondary N) is 1. The zero-order valence-corrected chi connectivity index (χ0v) is 12.1. The Balaban J connectivity index is 2.48. The number of nitrogen functional groups attached to an aromatic ring is 1. The molecular weight excluding hydrogens is 258 g/mol. The van der Waals surface area contributed by atoms with Crippen molar-refractivity contribution in [2.24, 2.45) is 0 Å². The van der Waals surface area contributed by atoms with Gasteiger partial charge >= 0.3 is 0 Å². The SMILES string of the molecule is COc1ccc(N)c(NC(=O)CCCC(=O)N(C)C)c1. The Morgan fingerprint density at radius 2 is 2.00 bits per heavy atom. The highest BCUT2D eigenvalue weighted by molar-refractivity contribution is 5.94. The Bertz CT molecular complexity index is 487. The molecule has 6 heteroatoms. The molecule has 1 rings (SSSR count). The number of ether oxygens (including phenoxy) is 1. The first-order chi connectivity index (χ1) is 9.43. The number of nitrogens with zero attached hydrogens (tertiary/aromatic N) is 1. The maximum Gasteiger partial charge on any atom is 0.224 e. The molecule has 0 radical (unpaired) electrons. The van der Waals surface area contributed by atoms with Gasteiger partial charge in [-0.05, 0) is 18.6 Å². The summed E-state index contributed by atoms with van der Waals surface area (Å²) >= 11 is 0. The zero-order valence-electron chi connectivity index (χ0n) is 12.1. The fourth-order valence-electron chi connectivity index (χ4n) is 1.61. The third-order valence-corrected chi connectivity index (χ3v) is 2.83. The first-order valence-electron chi connectivity index (χ1n) is 6.37. The summed E-state index contributed by atoms with van der Waals surface area (Å²) in [5.41, 5.74) is 6.78. The van der Waals surface area contributed by atoms with Gasteiger partial charge in [0.1, 0.15) is 5.75 Å². The van der Waals surface area contributed by atoms with E-state index in [1.165, 1.54) is 4.90 Å². The van der Waals surface area contributed by atoms with E-state index in [1.54, 1.807) is 39.4 Å². The maximum absolute atomic E-state index is 11.8. The molecule has 6 nitrogen and oxygen atoms in total. The number of anilines is 2. The average molecular weight is 279 g/mol. The van der Waals surface area contributed by atoms with Gasteiger partial charge in [-0.2, -0.15) is 0 Å². The van der Waals surface area contributed by atoms with Crippen LogP contribution in [0.3, 0.4) is 0 Å². The van der Waals surface area contributed by atoms with Crippen molar-refractivity contribution < 1.29 is 14.3 Å². The minimum Gasteiger partial charge on any atom is -0.497 e. The second-order valence-electron chi connectivity index (χ2n) is 4.64. The number of carbonyl (C=O) groups is 2. The van der Waals surface area contributed by atoms with Crippen LogP contribution >= 0.6 is 0 Å². The van der Waals surface area contributed by atoms with E-state index in [4.69, 9.17) is 10.5 Å². The van der Waals surface area contributed by atoms with Crippen molar-refractivity contribution in [1.29, 1.82) is 0 Å². The fraction of sp³-hybridized carbons (Fsp3) is 0.429. The Labute approximate surface area is 118 Å². The van der Waals surface area contributed by atoms with Gasteiger partial charge < -0.3 is 20.7 Å². The van der Waals surface area contributed by atoms with E-state index in [-0.39, 0.29) is 18.2 Å². The minimum absolute atomic E-state index is 0.0127. The number of hydrogen-bond acceptors (Lipinski definition) is 4. The van der Waals surface area contributed by atoms with Gasteiger partial charge in [-0.1, -0.05) is 0 Å². The molecule has 0 aliphatic heterocycles. The number of methoxy groups -OCH3 is 1. The summed E-state index contributed by atoms with van der Waals surface area (Å²) in [4.78, 5) is 24.7. The molecule has 0 unspecified atom stereocenters. The molecule has 0 atom stereocenters. The van der Waals surface area contributed by atoms with E-state index in [0.29, 0.717) is 30.0 Å². The molecule has 0 fully saturated rings.